The Balaban J connectivity index is 2.56. The third kappa shape index (κ3) is 42.4. The van der Waals surface area contributed by atoms with Crippen molar-refractivity contribution in [2.75, 3.05) is 13.2 Å². The number of ether oxygens (including phenoxy) is 5. The van der Waals surface area contributed by atoms with Gasteiger partial charge in [-0.15, -0.1) is 0 Å². The number of esters is 3. The first kappa shape index (κ1) is 70.7. The Labute approximate surface area is 459 Å². The van der Waals surface area contributed by atoms with Crippen LogP contribution in [0.4, 0.5) is 0 Å². The molecule has 0 spiro atoms. The number of aliphatic hydroxyl groups is 2. The molecule has 0 radical (unpaired) electrons. The molecule has 0 saturated carbocycles. The lowest BCUT2D eigenvalue weighted by molar-refractivity contribution is -0.301. The number of aliphatic hydroxyl groups excluding tert-OH is 2. The van der Waals surface area contributed by atoms with Crippen molar-refractivity contribution in [1.82, 2.24) is 0 Å². The number of rotatable bonds is 56. The Kier molecular flexibility index (Phi) is 49.4. The van der Waals surface area contributed by atoms with Crippen LogP contribution in [0.25, 0.3) is 0 Å². The zero-order chi connectivity index (χ0) is 54.7. The quantitative estimate of drug-likeness (QED) is 0.0299. The lowest BCUT2D eigenvalue weighted by Crippen LogP contribution is -2.61. The number of aliphatic carboxylic acids is 1. The van der Waals surface area contributed by atoms with Crippen LogP contribution in [0.5, 0.6) is 0 Å². The summed E-state index contributed by atoms with van der Waals surface area (Å²) < 4.78 is 28.5. The molecule has 1 fully saturated rings. The summed E-state index contributed by atoms with van der Waals surface area (Å²) in [5.74, 6) is -3.07. The molecule has 1 heterocycles. The van der Waals surface area contributed by atoms with E-state index < -0.39 is 67.3 Å². The lowest BCUT2D eigenvalue weighted by Gasteiger charge is -2.40. The van der Waals surface area contributed by atoms with Crippen LogP contribution in [0.1, 0.15) is 329 Å². The van der Waals surface area contributed by atoms with Crippen LogP contribution in [-0.4, -0.2) is 89.2 Å². The second-order valence-corrected chi connectivity index (χ2v) is 22.4. The number of hydrogen-bond acceptors (Lipinski definition) is 11. The summed E-state index contributed by atoms with van der Waals surface area (Å²) in [4.78, 5) is 51.1. The number of unbranched alkanes of at least 4 members (excludes halogenated alkanes) is 42. The van der Waals surface area contributed by atoms with Crippen molar-refractivity contribution in [2.45, 2.75) is 366 Å². The summed E-state index contributed by atoms with van der Waals surface area (Å²) in [5, 5.41) is 31.5. The maximum atomic E-state index is 13.1. The van der Waals surface area contributed by atoms with Gasteiger partial charge in [0.1, 0.15) is 18.8 Å². The molecule has 0 aromatic heterocycles. The van der Waals surface area contributed by atoms with Crippen molar-refractivity contribution < 1.29 is 58.2 Å². The summed E-state index contributed by atoms with van der Waals surface area (Å²) in [7, 11) is 0. The van der Waals surface area contributed by atoms with Crippen LogP contribution >= 0.6 is 0 Å². The Morgan fingerprint density at radius 3 is 1.00 bits per heavy atom. The fourth-order valence-corrected chi connectivity index (χ4v) is 10.3. The Bertz CT molecular complexity index is 1310. The van der Waals surface area contributed by atoms with Crippen molar-refractivity contribution in [2.24, 2.45) is 0 Å². The fourth-order valence-electron chi connectivity index (χ4n) is 10.3. The molecule has 0 amide bonds. The number of carbonyl (C=O) groups excluding carboxylic acids is 3. The van der Waals surface area contributed by atoms with E-state index in [0.29, 0.717) is 19.3 Å². The van der Waals surface area contributed by atoms with Crippen LogP contribution in [0.2, 0.25) is 0 Å². The molecule has 0 aromatic carbocycles. The SMILES string of the molecule is CCCCCCCCCCCCCCCCCCCCCC(=O)OC1C(OCC(COC(=O)CCCCCCCCCCCCCCCCCCC)OC(=O)CCCCCCCCCCC)OC(C(=O)O)C(O)C1O. The maximum Gasteiger partial charge on any atom is 0.335 e. The second-order valence-electron chi connectivity index (χ2n) is 22.4. The number of hydrogen-bond donors (Lipinski definition) is 3. The van der Waals surface area contributed by atoms with Gasteiger partial charge >= 0.3 is 23.9 Å². The predicted octanol–water partition coefficient (Wildman–Crippen LogP) is 16.7. The molecule has 0 aliphatic carbocycles. The lowest BCUT2D eigenvalue weighted by atomic mass is 9.98. The van der Waals surface area contributed by atoms with Gasteiger partial charge in [-0.3, -0.25) is 14.4 Å². The summed E-state index contributed by atoms with van der Waals surface area (Å²) in [6.45, 7) is 6.03. The van der Waals surface area contributed by atoms with Gasteiger partial charge in [-0.25, -0.2) is 4.79 Å². The van der Waals surface area contributed by atoms with Gasteiger partial charge in [0.15, 0.2) is 24.6 Å². The zero-order valence-electron chi connectivity index (χ0n) is 48.8. The first-order chi connectivity index (χ1) is 36.6. The summed E-state index contributed by atoms with van der Waals surface area (Å²) in [5.41, 5.74) is 0. The molecule has 0 bridgehead atoms. The van der Waals surface area contributed by atoms with Gasteiger partial charge in [0.2, 0.25) is 0 Å². The molecule has 12 heteroatoms. The molecule has 75 heavy (non-hydrogen) atoms. The Morgan fingerprint density at radius 1 is 0.387 bits per heavy atom. The number of carbonyl (C=O) groups is 4. The Morgan fingerprint density at radius 2 is 0.680 bits per heavy atom. The van der Waals surface area contributed by atoms with Gasteiger partial charge in [-0.2, -0.15) is 0 Å². The monoisotopic (exact) mass is 1070 g/mol. The normalized spacial score (nSPS) is 18.0. The summed E-state index contributed by atoms with van der Waals surface area (Å²) in [6, 6.07) is 0. The molecular weight excluding hydrogens is 949 g/mol. The minimum Gasteiger partial charge on any atom is -0.479 e. The molecule has 12 nitrogen and oxygen atoms in total. The van der Waals surface area contributed by atoms with Gasteiger partial charge in [0, 0.05) is 19.3 Å². The van der Waals surface area contributed by atoms with Crippen LogP contribution in [0.15, 0.2) is 0 Å². The first-order valence-electron chi connectivity index (χ1n) is 32.0. The summed E-state index contributed by atoms with van der Waals surface area (Å²) in [6.07, 6.45) is 45.1. The van der Waals surface area contributed by atoms with Crippen molar-refractivity contribution in [1.29, 1.82) is 0 Å². The van der Waals surface area contributed by atoms with Gasteiger partial charge in [-0.05, 0) is 19.3 Å². The molecule has 1 aliphatic rings. The number of carboxylic acid groups (broad SMARTS) is 1. The van der Waals surface area contributed by atoms with Gasteiger partial charge < -0.3 is 39.0 Å². The van der Waals surface area contributed by atoms with E-state index in [4.69, 9.17) is 23.7 Å². The highest BCUT2D eigenvalue weighted by molar-refractivity contribution is 5.74. The van der Waals surface area contributed by atoms with Crippen molar-refractivity contribution in [3.05, 3.63) is 0 Å². The van der Waals surface area contributed by atoms with Gasteiger partial charge in [0.05, 0.1) is 6.61 Å². The molecule has 442 valence electrons. The molecule has 1 saturated heterocycles. The van der Waals surface area contributed by atoms with Crippen LogP contribution in [0, 0.1) is 0 Å². The first-order valence-corrected chi connectivity index (χ1v) is 32.0. The van der Waals surface area contributed by atoms with E-state index in [1.807, 2.05) is 0 Å². The van der Waals surface area contributed by atoms with Gasteiger partial charge in [0.25, 0.3) is 0 Å². The van der Waals surface area contributed by atoms with Crippen LogP contribution in [-0.2, 0) is 42.9 Å². The van der Waals surface area contributed by atoms with E-state index in [1.165, 1.54) is 212 Å². The summed E-state index contributed by atoms with van der Waals surface area (Å²) >= 11 is 0. The highest BCUT2D eigenvalue weighted by Crippen LogP contribution is 2.27. The van der Waals surface area contributed by atoms with Crippen molar-refractivity contribution in [3.63, 3.8) is 0 Å². The topological polar surface area (TPSA) is 175 Å². The third-order valence-corrected chi connectivity index (χ3v) is 15.2. The average molecular weight is 1070 g/mol. The van der Waals surface area contributed by atoms with Crippen LogP contribution in [0.3, 0.4) is 0 Å². The smallest absolute Gasteiger partial charge is 0.335 e. The largest absolute Gasteiger partial charge is 0.479 e. The highest BCUT2D eigenvalue weighted by Gasteiger charge is 2.50. The van der Waals surface area contributed by atoms with E-state index in [1.54, 1.807) is 0 Å². The van der Waals surface area contributed by atoms with E-state index >= 15 is 0 Å². The van der Waals surface area contributed by atoms with Crippen molar-refractivity contribution >= 4 is 23.9 Å². The third-order valence-electron chi connectivity index (χ3n) is 15.2. The Hall–Kier alpha value is -2.28. The highest BCUT2D eigenvalue weighted by atomic mass is 16.7. The van der Waals surface area contributed by atoms with E-state index in [9.17, 15) is 34.5 Å². The fraction of sp³-hybridized carbons (Fsp3) is 0.937. The molecule has 1 aliphatic heterocycles. The predicted molar refractivity (Wildman–Crippen MR) is 304 cm³/mol. The van der Waals surface area contributed by atoms with E-state index in [-0.39, 0.29) is 25.9 Å². The van der Waals surface area contributed by atoms with Crippen LogP contribution < -0.4 is 0 Å². The van der Waals surface area contributed by atoms with Gasteiger partial charge in [-0.1, -0.05) is 290 Å². The molecule has 1 rings (SSSR count). The average Bonchev–Trinajstić information content (AvgIpc) is 3.39. The number of carboxylic acids is 1. The standard InChI is InChI=1S/C63H118O12/c1-4-7-10-13-16-19-21-23-25-27-28-30-32-34-36-39-42-45-48-51-57(66)74-61-59(68)58(67)60(62(69)70)75-63(61)72-53-54(73-56(65)50-47-44-41-37-18-15-12-9-6-3)52-71-55(64)49-46-43-40-38-35-33-31-29-26-24-22-20-17-14-11-8-5-2/h54,58-61,63,67-68H,4-53H2,1-3H3,(H,69,70). The minimum atomic E-state index is -1.89. The van der Waals surface area contributed by atoms with E-state index in [2.05, 4.69) is 20.8 Å². The molecule has 0 aromatic rings. The molecular formula is C63H118O12. The van der Waals surface area contributed by atoms with Crippen molar-refractivity contribution in [3.8, 4) is 0 Å². The molecule has 6 unspecified atom stereocenters. The maximum absolute atomic E-state index is 13.1. The molecule has 3 N–H and O–H groups in total. The second kappa shape index (κ2) is 52.4. The minimum absolute atomic E-state index is 0.0712. The zero-order valence-corrected chi connectivity index (χ0v) is 48.8. The molecule has 6 atom stereocenters. The van der Waals surface area contributed by atoms with E-state index in [0.717, 1.165) is 57.8 Å².